The second kappa shape index (κ2) is 8.70. The van der Waals surface area contributed by atoms with Gasteiger partial charge in [-0.1, -0.05) is 30.3 Å². The number of rotatable bonds is 8. The maximum absolute atomic E-state index is 13.0. The van der Waals surface area contributed by atoms with Crippen molar-refractivity contribution < 1.29 is 22.7 Å². The summed E-state index contributed by atoms with van der Waals surface area (Å²) in [5.74, 6) is 1.19. The molecule has 32 heavy (non-hydrogen) atoms. The maximum atomic E-state index is 13.0. The molecule has 0 bridgehead atoms. The van der Waals surface area contributed by atoms with E-state index in [-0.39, 0.29) is 18.9 Å². The Morgan fingerprint density at radius 1 is 1.00 bits per heavy atom. The lowest BCUT2D eigenvalue weighted by atomic mass is 10.1. The highest BCUT2D eigenvalue weighted by Gasteiger charge is 2.35. The Hall–Kier alpha value is -3.26. The van der Waals surface area contributed by atoms with Gasteiger partial charge in [0.15, 0.2) is 11.5 Å². The van der Waals surface area contributed by atoms with Crippen molar-refractivity contribution in [1.82, 2.24) is 4.90 Å². The van der Waals surface area contributed by atoms with Crippen molar-refractivity contribution >= 4 is 32.4 Å². The van der Waals surface area contributed by atoms with Gasteiger partial charge in [0.2, 0.25) is 5.91 Å². The van der Waals surface area contributed by atoms with E-state index < -0.39 is 10.0 Å². The number of carbonyl (C=O) groups excluding carboxylic acids is 1. The molecule has 0 atom stereocenters. The molecule has 4 rings (SSSR count). The number of ether oxygens (including phenoxy) is 2. The fourth-order valence-corrected chi connectivity index (χ4v) is 5.85. The van der Waals surface area contributed by atoms with Gasteiger partial charge < -0.3 is 14.4 Å². The Morgan fingerprint density at radius 2 is 1.72 bits per heavy atom. The minimum Gasteiger partial charge on any atom is -0.493 e. The van der Waals surface area contributed by atoms with Crippen molar-refractivity contribution in [2.45, 2.75) is 24.3 Å². The third-order valence-electron chi connectivity index (χ3n) is 5.73. The van der Waals surface area contributed by atoms with Crippen LogP contribution in [0.2, 0.25) is 0 Å². The monoisotopic (exact) mass is 454 g/mol. The fourth-order valence-electron chi connectivity index (χ4n) is 4.10. The lowest BCUT2D eigenvalue weighted by Crippen LogP contribution is -2.30. The molecule has 0 spiro atoms. The summed E-state index contributed by atoms with van der Waals surface area (Å²) < 4.78 is 38.1. The van der Waals surface area contributed by atoms with Crippen LogP contribution in [0.3, 0.4) is 0 Å². The second-order valence-electron chi connectivity index (χ2n) is 7.75. The highest BCUT2D eigenvalue weighted by Crippen LogP contribution is 2.42. The first kappa shape index (κ1) is 22.0. The average molecular weight is 455 g/mol. The number of sulfonamides is 1. The second-order valence-corrected chi connectivity index (χ2v) is 9.58. The molecule has 3 aromatic carbocycles. The van der Waals surface area contributed by atoms with Gasteiger partial charge in [-0.25, -0.2) is 8.42 Å². The van der Waals surface area contributed by atoms with Gasteiger partial charge in [-0.15, -0.1) is 0 Å². The first-order chi connectivity index (χ1) is 15.4. The maximum Gasteiger partial charge on any atom is 0.265 e. The molecule has 1 heterocycles. The molecule has 168 valence electrons. The highest BCUT2D eigenvalue weighted by atomic mass is 32.2. The summed E-state index contributed by atoms with van der Waals surface area (Å²) in [4.78, 5) is 14.6. The first-order valence-corrected chi connectivity index (χ1v) is 11.8. The standard InChI is InChI=1S/C24H26N2O5S/c1-25(16-17-12-13-20(30-2)21(15-17)31-3)23(27)11-6-14-26-19-9-4-7-18-8-5-10-22(24(18)19)32(26,28)29/h4-5,7-10,12-13,15H,6,11,14,16H2,1-3H3. The van der Waals surface area contributed by atoms with Crippen LogP contribution in [0.1, 0.15) is 18.4 Å². The van der Waals surface area contributed by atoms with Crippen LogP contribution in [-0.2, 0) is 21.4 Å². The van der Waals surface area contributed by atoms with Crippen LogP contribution >= 0.6 is 0 Å². The molecule has 7 nitrogen and oxygen atoms in total. The number of methoxy groups -OCH3 is 2. The molecule has 0 aliphatic carbocycles. The van der Waals surface area contributed by atoms with Crippen LogP contribution in [0.5, 0.6) is 11.5 Å². The smallest absolute Gasteiger partial charge is 0.265 e. The number of amides is 1. The SMILES string of the molecule is COc1ccc(CN(C)C(=O)CCCN2c3cccc4cccc(c34)S2(=O)=O)cc1OC. The molecule has 0 N–H and O–H groups in total. The van der Waals surface area contributed by atoms with Gasteiger partial charge >= 0.3 is 0 Å². The molecule has 0 saturated carbocycles. The van der Waals surface area contributed by atoms with Crippen molar-refractivity contribution in [3.8, 4) is 11.5 Å². The lowest BCUT2D eigenvalue weighted by molar-refractivity contribution is -0.130. The van der Waals surface area contributed by atoms with Gasteiger partial charge in [0.25, 0.3) is 10.0 Å². The van der Waals surface area contributed by atoms with Gasteiger partial charge in [0.05, 0.1) is 24.8 Å². The summed E-state index contributed by atoms with van der Waals surface area (Å²) in [5, 5.41) is 1.66. The summed E-state index contributed by atoms with van der Waals surface area (Å²) in [6.45, 7) is 0.679. The number of hydrogen-bond acceptors (Lipinski definition) is 5. The average Bonchev–Trinajstić information content (AvgIpc) is 3.02. The van der Waals surface area contributed by atoms with E-state index in [1.807, 2.05) is 42.5 Å². The lowest BCUT2D eigenvalue weighted by Gasteiger charge is -2.21. The first-order valence-electron chi connectivity index (χ1n) is 10.4. The molecule has 0 radical (unpaired) electrons. The zero-order chi connectivity index (χ0) is 22.9. The van der Waals surface area contributed by atoms with E-state index in [1.54, 1.807) is 38.3 Å². The summed E-state index contributed by atoms with van der Waals surface area (Å²) in [5.41, 5.74) is 1.60. The molecule has 0 saturated heterocycles. The summed E-state index contributed by atoms with van der Waals surface area (Å²) in [6.07, 6.45) is 0.681. The Labute approximate surface area is 188 Å². The minimum atomic E-state index is -3.60. The topological polar surface area (TPSA) is 76.2 Å². The third-order valence-corrected chi connectivity index (χ3v) is 7.58. The number of benzene rings is 3. The van der Waals surface area contributed by atoms with Crippen LogP contribution < -0.4 is 13.8 Å². The largest absolute Gasteiger partial charge is 0.493 e. The van der Waals surface area contributed by atoms with E-state index in [4.69, 9.17) is 9.47 Å². The van der Waals surface area contributed by atoms with Crippen molar-refractivity contribution in [2.75, 3.05) is 32.1 Å². The summed E-state index contributed by atoms with van der Waals surface area (Å²) in [7, 11) is 1.29. The Bertz CT molecular complexity index is 1270. The molecule has 0 unspecified atom stereocenters. The van der Waals surface area contributed by atoms with Crippen molar-refractivity contribution in [3.63, 3.8) is 0 Å². The van der Waals surface area contributed by atoms with Gasteiger partial charge in [-0.3, -0.25) is 9.10 Å². The van der Waals surface area contributed by atoms with Crippen molar-refractivity contribution in [1.29, 1.82) is 0 Å². The molecular formula is C24H26N2O5S. The zero-order valence-corrected chi connectivity index (χ0v) is 19.2. The van der Waals surface area contributed by atoms with Crippen LogP contribution in [0.15, 0.2) is 59.5 Å². The molecule has 1 aliphatic heterocycles. The van der Waals surface area contributed by atoms with E-state index in [1.165, 1.54) is 4.31 Å². The van der Waals surface area contributed by atoms with Gasteiger partial charge in [0.1, 0.15) is 0 Å². The highest BCUT2D eigenvalue weighted by molar-refractivity contribution is 7.93. The van der Waals surface area contributed by atoms with E-state index in [9.17, 15) is 13.2 Å². The van der Waals surface area contributed by atoms with E-state index in [2.05, 4.69) is 0 Å². The molecule has 0 aromatic heterocycles. The molecule has 1 amide bonds. The van der Waals surface area contributed by atoms with E-state index in [0.717, 1.165) is 16.3 Å². The molecule has 0 fully saturated rings. The normalized spacial score (nSPS) is 13.9. The van der Waals surface area contributed by atoms with Crippen LogP contribution in [0, 0.1) is 0 Å². The zero-order valence-electron chi connectivity index (χ0n) is 18.4. The predicted molar refractivity (Wildman–Crippen MR) is 124 cm³/mol. The van der Waals surface area contributed by atoms with E-state index in [0.29, 0.717) is 35.0 Å². The number of nitrogens with zero attached hydrogens (tertiary/aromatic N) is 2. The van der Waals surface area contributed by atoms with E-state index >= 15 is 0 Å². The van der Waals surface area contributed by atoms with Gasteiger partial charge in [-0.05, 0) is 41.6 Å². The Morgan fingerprint density at radius 3 is 2.44 bits per heavy atom. The Balaban J connectivity index is 1.40. The molecule has 8 heteroatoms. The van der Waals surface area contributed by atoms with Crippen molar-refractivity contribution in [2.24, 2.45) is 0 Å². The van der Waals surface area contributed by atoms with Gasteiger partial charge in [0, 0.05) is 31.9 Å². The van der Waals surface area contributed by atoms with Crippen LogP contribution in [0.4, 0.5) is 5.69 Å². The van der Waals surface area contributed by atoms with Gasteiger partial charge in [-0.2, -0.15) is 0 Å². The molecule has 1 aliphatic rings. The fraction of sp³-hybridized carbons (Fsp3) is 0.292. The van der Waals surface area contributed by atoms with Crippen LogP contribution in [-0.4, -0.2) is 47.0 Å². The minimum absolute atomic E-state index is 0.0490. The quantitative estimate of drug-likeness (QED) is 0.517. The third kappa shape index (κ3) is 3.86. The number of anilines is 1. The van der Waals surface area contributed by atoms with Crippen LogP contribution in [0.25, 0.3) is 10.8 Å². The van der Waals surface area contributed by atoms with Crippen molar-refractivity contribution in [3.05, 3.63) is 60.2 Å². The molecule has 3 aromatic rings. The molecular weight excluding hydrogens is 428 g/mol. The number of hydrogen-bond donors (Lipinski definition) is 0. The Kier molecular flexibility index (Phi) is 5.97. The summed E-state index contributed by atoms with van der Waals surface area (Å²) >= 11 is 0. The predicted octanol–water partition coefficient (Wildman–Crippen LogP) is 3.80. The summed E-state index contributed by atoms with van der Waals surface area (Å²) in [6, 6.07) is 16.4. The number of carbonyl (C=O) groups is 1.